The second kappa shape index (κ2) is 10.4. The van der Waals surface area contributed by atoms with Crippen molar-refractivity contribution in [2.24, 2.45) is 0 Å². The molecule has 130 valence electrons. The zero-order valence-electron chi connectivity index (χ0n) is 15.0. The van der Waals surface area contributed by atoms with Gasteiger partial charge >= 0.3 is 5.97 Å². The monoisotopic (exact) mass is 329 g/mol. The summed E-state index contributed by atoms with van der Waals surface area (Å²) in [6.45, 7) is 8.73. The number of allylic oxidation sites excluding steroid dienone is 3. The van der Waals surface area contributed by atoms with Gasteiger partial charge in [-0.1, -0.05) is 29.4 Å². The molecule has 0 radical (unpaired) electrons. The molecule has 0 saturated heterocycles. The van der Waals surface area contributed by atoms with Gasteiger partial charge in [-0.15, -0.1) is 0 Å². The van der Waals surface area contributed by atoms with Crippen LogP contribution in [-0.4, -0.2) is 25.0 Å². The zero-order valence-corrected chi connectivity index (χ0v) is 15.0. The summed E-state index contributed by atoms with van der Waals surface area (Å²) < 4.78 is 5.28. The minimum atomic E-state index is -0.481. The average molecular weight is 329 g/mol. The van der Waals surface area contributed by atoms with Crippen LogP contribution in [0.25, 0.3) is 0 Å². The molecule has 0 unspecified atom stereocenters. The third kappa shape index (κ3) is 6.82. The SMILES string of the molecule is CCNC(=O)c1ccccc1C(=O)OCC=C(C)CCC=C(C)C. The van der Waals surface area contributed by atoms with Crippen molar-refractivity contribution in [1.82, 2.24) is 5.32 Å². The van der Waals surface area contributed by atoms with Crippen LogP contribution in [0.3, 0.4) is 0 Å². The van der Waals surface area contributed by atoms with Crippen LogP contribution in [0.2, 0.25) is 0 Å². The summed E-state index contributed by atoms with van der Waals surface area (Å²) in [4.78, 5) is 24.2. The van der Waals surface area contributed by atoms with Gasteiger partial charge in [0.15, 0.2) is 0 Å². The number of carbonyl (C=O) groups excluding carboxylic acids is 2. The van der Waals surface area contributed by atoms with Gasteiger partial charge in [0.1, 0.15) is 6.61 Å². The fourth-order valence-corrected chi connectivity index (χ4v) is 2.14. The molecule has 0 aromatic heterocycles. The van der Waals surface area contributed by atoms with E-state index >= 15 is 0 Å². The first kappa shape index (κ1) is 19.7. The van der Waals surface area contributed by atoms with E-state index in [0.717, 1.165) is 12.8 Å². The highest BCUT2D eigenvalue weighted by atomic mass is 16.5. The number of hydrogen-bond donors (Lipinski definition) is 1. The van der Waals surface area contributed by atoms with Gasteiger partial charge in [-0.3, -0.25) is 4.79 Å². The molecule has 0 aliphatic carbocycles. The first-order valence-electron chi connectivity index (χ1n) is 8.29. The summed E-state index contributed by atoms with van der Waals surface area (Å²) in [5, 5.41) is 2.70. The quantitative estimate of drug-likeness (QED) is 0.572. The Morgan fingerprint density at radius 2 is 1.75 bits per heavy atom. The standard InChI is InChI=1S/C20H27NO3/c1-5-21-19(22)17-11-6-7-12-18(17)20(23)24-14-13-16(4)10-8-9-15(2)3/h6-7,9,11-13H,5,8,10,14H2,1-4H3,(H,21,22). The molecule has 1 rings (SSSR count). The first-order chi connectivity index (χ1) is 11.5. The molecular weight excluding hydrogens is 302 g/mol. The van der Waals surface area contributed by atoms with Crippen LogP contribution in [0.15, 0.2) is 47.6 Å². The lowest BCUT2D eigenvalue weighted by Crippen LogP contribution is -2.25. The highest BCUT2D eigenvalue weighted by Crippen LogP contribution is 2.11. The lowest BCUT2D eigenvalue weighted by Gasteiger charge is -2.08. The molecule has 4 heteroatoms. The molecule has 1 amide bonds. The number of carbonyl (C=O) groups is 2. The van der Waals surface area contributed by atoms with Crippen molar-refractivity contribution in [3.8, 4) is 0 Å². The molecule has 4 nitrogen and oxygen atoms in total. The summed E-state index contributed by atoms with van der Waals surface area (Å²) in [5.74, 6) is -0.747. The summed E-state index contributed by atoms with van der Waals surface area (Å²) in [6.07, 6.45) is 6.02. The molecule has 0 aliphatic heterocycles. The number of ether oxygens (including phenoxy) is 1. The van der Waals surface area contributed by atoms with Gasteiger partial charge in [-0.2, -0.15) is 0 Å². The summed E-state index contributed by atoms with van der Waals surface area (Å²) >= 11 is 0. The van der Waals surface area contributed by atoms with E-state index in [1.54, 1.807) is 24.3 Å². The molecule has 1 N–H and O–H groups in total. The van der Waals surface area contributed by atoms with Crippen molar-refractivity contribution in [2.75, 3.05) is 13.2 Å². The maximum atomic E-state index is 12.2. The number of rotatable bonds is 8. The molecule has 24 heavy (non-hydrogen) atoms. The second-order valence-electron chi connectivity index (χ2n) is 5.87. The molecule has 0 fully saturated rings. The molecule has 1 aromatic carbocycles. The van der Waals surface area contributed by atoms with Crippen LogP contribution in [0.4, 0.5) is 0 Å². The summed E-state index contributed by atoms with van der Waals surface area (Å²) in [7, 11) is 0. The van der Waals surface area contributed by atoms with Crippen molar-refractivity contribution in [3.63, 3.8) is 0 Å². The van der Waals surface area contributed by atoms with Crippen molar-refractivity contribution >= 4 is 11.9 Å². The van der Waals surface area contributed by atoms with Crippen LogP contribution in [0, 0.1) is 0 Å². The summed E-state index contributed by atoms with van der Waals surface area (Å²) in [6, 6.07) is 6.69. The Morgan fingerprint density at radius 3 is 2.38 bits per heavy atom. The van der Waals surface area contributed by atoms with Crippen LogP contribution < -0.4 is 5.32 Å². The van der Waals surface area contributed by atoms with Crippen molar-refractivity contribution in [1.29, 1.82) is 0 Å². The molecule has 0 heterocycles. The Balaban J connectivity index is 2.63. The fraction of sp³-hybridized carbons (Fsp3) is 0.400. The van der Waals surface area contributed by atoms with Crippen LogP contribution >= 0.6 is 0 Å². The third-order valence-electron chi connectivity index (χ3n) is 3.47. The second-order valence-corrected chi connectivity index (χ2v) is 5.87. The van der Waals surface area contributed by atoms with Gasteiger partial charge in [0, 0.05) is 6.54 Å². The zero-order chi connectivity index (χ0) is 17.9. The van der Waals surface area contributed by atoms with Gasteiger partial charge in [-0.05, 0) is 58.7 Å². The van der Waals surface area contributed by atoms with E-state index in [2.05, 4.69) is 25.2 Å². The molecule has 0 aliphatic rings. The van der Waals surface area contributed by atoms with Gasteiger partial charge in [0.2, 0.25) is 0 Å². The van der Waals surface area contributed by atoms with Crippen LogP contribution in [-0.2, 0) is 4.74 Å². The molecule has 0 spiro atoms. The number of amides is 1. The Labute approximate surface area is 144 Å². The Bertz CT molecular complexity index is 626. The number of hydrogen-bond acceptors (Lipinski definition) is 3. The van der Waals surface area contributed by atoms with Gasteiger partial charge in [0.25, 0.3) is 5.91 Å². The molecule has 0 bridgehead atoms. The first-order valence-corrected chi connectivity index (χ1v) is 8.29. The van der Waals surface area contributed by atoms with E-state index in [-0.39, 0.29) is 12.5 Å². The van der Waals surface area contributed by atoms with Crippen molar-refractivity contribution in [2.45, 2.75) is 40.5 Å². The maximum absolute atomic E-state index is 12.2. The van der Waals surface area contributed by atoms with Crippen LogP contribution in [0.5, 0.6) is 0 Å². The Morgan fingerprint density at radius 1 is 1.08 bits per heavy atom. The van der Waals surface area contributed by atoms with E-state index in [1.807, 2.05) is 19.9 Å². The topological polar surface area (TPSA) is 55.4 Å². The molecule has 0 atom stereocenters. The van der Waals surface area contributed by atoms with Gasteiger partial charge in [0.05, 0.1) is 11.1 Å². The highest BCUT2D eigenvalue weighted by Gasteiger charge is 2.16. The molecular formula is C20H27NO3. The lowest BCUT2D eigenvalue weighted by molar-refractivity contribution is 0.0545. The average Bonchev–Trinajstić information content (AvgIpc) is 2.54. The summed E-state index contributed by atoms with van der Waals surface area (Å²) in [5.41, 5.74) is 3.11. The minimum Gasteiger partial charge on any atom is -0.458 e. The molecule has 1 aromatic rings. The van der Waals surface area contributed by atoms with Crippen molar-refractivity contribution in [3.05, 3.63) is 58.7 Å². The van der Waals surface area contributed by atoms with Crippen molar-refractivity contribution < 1.29 is 14.3 Å². The fourth-order valence-electron chi connectivity index (χ4n) is 2.14. The predicted octanol–water partition coefficient (Wildman–Crippen LogP) is 4.29. The van der Waals surface area contributed by atoms with E-state index in [1.165, 1.54) is 11.1 Å². The van der Waals surface area contributed by atoms with E-state index in [9.17, 15) is 9.59 Å². The third-order valence-corrected chi connectivity index (χ3v) is 3.47. The van der Waals surface area contributed by atoms with E-state index in [0.29, 0.717) is 17.7 Å². The largest absolute Gasteiger partial charge is 0.458 e. The van der Waals surface area contributed by atoms with Gasteiger partial charge < -0.3 is 10.1 Å². The lowest BCUT2D eigenvalue weighted by atomic mass is 10.1. The number of nitrogens with one attached hydrogen (secondary N) is 1. The van der Waals surface area contributed by atoms with Crippen LogP contribution in [0.1, 0.15) is 61.3 Å². The molecule has 0 saturated carbocycles. The van der Waals surface area contributed by atoms with E-state index < -0.39 is 5.97 Å². The smallest absolute Gasteiger partial charge is 0.339 e. The Kier molecular flexibility index (Phi) is 8.55. The number of esters is 1. The van der Waals surface area contributed by atoms with E-state index in [4.69, 9.17) is 4.74 Å². The minimum absolute atomic E-state index is 0.212. The Hall–Kier alpha value is -2.36. The normalized spacial score (nSPS) is 10.9. The predicted molar refractivity (Wildman–Crippen MR) is 97.2 cm³/mol. The number of benzene rings is 1. The highest BCUT2D eigenvalue weighted by molar-refractivity contribution is 6.05. The van der Waals surface area contributed by atoms with Gasteiger partial charge in [-0.25, -0.2) is 4.79 Å². The maximum Gasteiger partial charge on any atom is 0.339 e.